The van der Waals surface area contributed by atoms with Gasteiger partial charge in [-0.2, -0.15) is 0 Å². The van der Waals surface area contributed by atoms with Crippen molar-refractivity contribution in [3.8, 4) is 10.4 Å². The van der Waals surface area contributed by atoms with Gasteiger partial charge in [-0.1, -0.05) is 54.9 Å². The molecular weight excluding hydrogens is 426 g/mol. The van der Waals surface area contributed by atoms with Crippen LogP contribution in [0.3, 0.4) is 0 Å². The Morgan fingerprint density at radius 1 is 1.25 bits per heavy atom. The number of carbonyl (C=O) groups is 2. The second kappa shape index (κ2) is 10.4. The molecule has 7 nitrogen and oxygen atoms in total. The van der Waals surface area contributed by atoms with E-state index >= 15 is 0 Å². The highest BCUT2D eigenvalue weighted by molar-refractivity contribution is 7.19. The van der Waals surface area contributed by atoms with Crippen molar-refractivity contribution in [1.82, 2.24) is 9.88 Å². The zero-order valence-corrected chi connectivity index (χ0v) is 20.1. The molecular formula is C24H33N3O4S. The predicted octanol–water partition coefficient (Wildman–Crippen LogP) is 5.76. The first-order chi connectivity index (χ1) is 15.2. The summed E-state index contributed by atoms with van der Waals surface area (Å²) in [7, 11) is 0. The standard InChI is InChI=1S/C24H33N3O4S/c1-16(27(23(29)30)24(2,3)4)21(28)26-22-25-14-20(32-22)19-13-9-8-10-17(19)15-31-18-11-6-5-7-12-18/h8-10,13-14,16,18H,5-7,11-12,15H2,1-4H3,(H,29,30)(H,25,26,28)/t16-/m0/s1. The van der Waals surface area contributed by atoms with E-state index in [1.807, 2.05) is 18.2 Å². The van der Waals surface area contributed by atoms with E-state index in [0.29, 0.717) is 17.8 Å². The summed E-state index contributed by atoms with van der Waals surface area (Å²) >= 11 is 1.37. The van der Waals surface area contributed by atoms with Gasteiger partial charge in [-0.15, -0.1) is 0 Å². The molecule has 1 fully saturated rings. The van der Waals surface area contributed by atoms with Crippen molar-refractivity contribution in [1.29, 1.82) is 0 Å². The molecule has 0 unspecified atom stereocenters. The number of amides is 2. The van der Waals surface area contributed by atoms with Crippen LogP contribution >= 0.6 is 11.3 Å². The Balaban J connectivity index is 1.69. The maximum atomic E-state index is 12.7. The summed E-state index contributed by atoms with van der Waals surface area (Å²) in [5.41, 5.74) is 1.43. The molecule has 8 heteroatoms. The fourth-order valence-corrected chi connectivity index (χ4v) is 5.02. The van der Waals surface area contributed by atoms with E-state index in [1.54, 1.807) is 33.9 Å². The molecule has 1 aliphatic rings. The molecule has 2 amide bonds. The highest BCUT2D eigenvalue weighted by Crippen LogP contribution is 2.33. The van der Waals surface area contributed by atoms with E-state index in [9.17, 15) is 14.7 Å². The van der Waals surface area contributed by atoms with Crippen molar-refractivity contribution in [3.63, 3.8) is 0 Å². The predicted molar refractivity (Wildman–Crippen MR) is 127 cm³/mol. The van der Waals surface area contributed by atoms with Gasteiger partial charge < -0.3 is 15.2 Å². The van der Waals surface area contributed by atoms with Crippen molar-refractivity contribution in [2.45, 2.75) is 84.1 Å². The molecule has 0 spiro atoms. The fourth-order valence-electron chi connectivity index (χ4n) is 4.14. The third-order valence-corrected chi connectivity index (χ3v) is 6.69. The quantitative estimate of drug-likeness (QED) is 0.549. The largest absolute Gasteiger partial charge is 0.465 e. The number of aromatic nitrogens is 1. The molecule has 2 aromatic rings. The van der Waals surface area contributed by atoms with E-state index in [0.717, 1.165) is 33.7 Å². The van der Waals surface area contributed by atoms with Crippen LogP contribution in [0, 0.1) is 0 Å². The number of carboxylic acid groups (broad SMARTS) is 1. The summed E-state index contributed by atoms with van der Waals surface area (Å²) < 4.78 is 6.17. The summed E-state index contributed by atoms with van der Waals surface area (Å²) in [4.78, 5) is 30.8. The summed E-state index contributed by atoms with van der Waals surface area (Å²) in [5, 5.41) is 12.8. The lowest BCUT2D eigenvalue weighted by Crippen LogP contribution is -2.54. The average molecular weight is 460 g/mol. The Kier molecular flexibility index (Phi) is 7.90. The molecule has 3 rings (SSSR count). The van der Waals surface area contributed by atoms with Gasteiger partial charge in [0.05, 0.1) is 17.6 Å². The minimum Gasteiger partial charge on any atom is -0.465 e. The number of ether oxygens (including phenoxy) is 1. The van der Waals surface area contributed by atoms with Crippen molar-refractivity contribution >= 4 is 28.5 Å². The Bertz CT molecular complexity index is 931. The highest BCUT2D eigenvalue weighted by atomic mass is 32.1. The normalized spacial score (nSPS) is 15.9. The van der Waals surface area contributed by atoms with Crippen LogP contribution in [0.5, 0.6) is 0 Å². The number of anilines is 1. The molecule has 1 atom stereocenters. The summed E-state index contributed by atoms with van der Waals surface area (Å²) in [6.07, 6.45) is 6.95. The SMILES string of the molecule is C[C@@H](C(=O)Nc1ncc(-c2ccccc2COC2CCCCC2)s1)N(C(=O)O)C(C)(C)C. The van der Waals surface area contributed by atoms with Crippen LogP contribution in [0.15, 0.2) is 30.5 Å². The smallest absolute Gasteiger partial charge is 0.408 e. The average Bonchev–Trinajstić information content (AvgIpc) is 3.20. The number of benzene rings is 1. The van der Waals surface area contributed by atoms with E-state index in [1.165, 1.54) is 30.6 Å². The maximum absolute atomic E-state index is 12.7. The molecule has 174 valence electrons. The van der Waals surface area contributed by atoms with Crippen molar-refractivity contribution < 1.29 is 19.4 Å². The van der Waals surface area contributed by atoms with Crippen LogP contribution in [0.2, 0.25) is 0 Å². The molecule has 32 heavy (non-hydrogen) atoms. The lowest BCUT2D eigenvalue weighted by atomic mass is 9.97. The summed E-state index contributed by atoms with van der Waals surface area (Å²) in [6.45, 7) is 7.42. The third-order valence-electron chi connectivity index (χ3n) is 5.74. The Labute approximate surface area is 193 Å². The van der Waals surface area contributed by atoms with Gasteiger partial charge in [0.1, 0.15) is 6.04 Å². The van der Waals surface area contributed by atoms with Crippen LogP contribution in [0.25, 0.3) is 10.4 Å². The number of carbonyl (C=O) groups excluding carboxylic acids is 1. The first-order valence-electron chi connectivity index (χ1n) is 11.2. The number of hydrogen-bond acceptors (Lipinski definition) is 5. The molecule has 2 N–H and O–H groups in total. The summed E-state index contributed by atoms with van der Waals surface area (Å²) in [6, 6.07) is 7.23. The Morgan fingerprint density at radius 3 is 2.59 bits per heavy atom. The monoisotopic (exact) mass is 459 g/mol. The fraction of sp³-hybridized carbons (Fsp3) is 0.542. The second-order valence-electron chi connectivity index (χ2n) is 9.25. The van der Waals surface area contributed by atoms with Gasteiger partial charge in [0.25, 0.3) is 0 Å². The molecule has 1 heterocycles. The molecule has 0 radical (unpaired) electrons. The molecule has 0 aliphatic heterocycles. The van der Waals surface area contributed by atoms with Gasteiger partial charge in [-0.25, -0.2) is 9.78 Å². The van der Waals surface area contributed by atoms with Crippen LogP contribution < -0.4 is 5.32 Å². The molecule has 1 aliphatic carbocycles. The minimum atomic E-state index is -1.13. The second-order valence-corrected chi connectivity index (χ2v) is 10.3. The molecule has 0 bridgehead atoms. The van der Waals surface area contributed by atoms with E-state index in [-0.39, 0.29) is 0 Å². The number of hydrogen-bond donors (Lipinski definition) is 2. The Morgan fingerprint density at radius 2 is 1.94 bits per heavy atom. The zero-order chi connectivity index (χ0) is 23.3. The van der Waals surface area contributed by atoms with Gasteiger partial charge >= 0.3 is 6.09 Å². The lowest BCUT2D eigenvalue weighted by molar-refractivity contribution is -0.121. The van der Waals surface area contributed by atoms with Crippen molar-refractivity contribution in [2.75, 3.05) is 5.32 Å². The van der Waals surface area contributed by atoms with E-state index in [2.05, 4.69) is 16.4 Å². The number of rotatable bonds is 7. The lowest BCUT2D eigenvalue weighted by Gasteiger charge is -2.36. The molecule has 1 saturated carbocycles. The molecule has 0 saturated heterocycles. The highest BCUT2D eigenvalue weighted by Gasteiger charge is 2.34. The molecule has 1 aromatic heterocycles. The zero-order valence-electron chi connectivity index (χ0n) is 19.3. The number of nitrogens with zero attached hydrogens (tertiary/aromatic N) is 2. The van der Waals surface area contributed by atoms with Crippen LogP contribution in [-0.4, -0.2) is 44.7 Å². The van der Waals surface area contributed by atoms with Crippen molar-refractivity contribution in [2.24, 2.45) is 0 Å². The van der Waals surface area contributed by atoms with E-state index < -0.39 is 23.6 Å². The maximum Gasteiger partial charge on any atom is 0.408 e. The summed E-state index contributed by atoms with van der Waals surface area (Å²) in [5.74, 6) is -0.405. The van der Waals surface area contributed by atoms with Gasteiger partial charge in [0.15, 0.2) is 5.13 Å². The first kappa shape index (κ1) is 24.2. The van der Waals surface area contributed by atoms with Crippen LogP contribution in [-0.2, 0) is 16.1 Å². The molecule has 1 aromatic carbocycles. The minimum absolute atomic E-state index is 0.328. The van der Waals surface area contributed by atoms with Crippen LogP contribution in [0.1, 0.15) is 65.4 Å². The third kappa shape index (κ3) is 6.07. The Hall–Kier alpha value is -2.45. The topological polar surface area (TPSA) is 91.8 Å². The van der Waals surface area contributed by atoms with Crippen molar-refractivity contribution in [3.05, 3.63) is 36.0 Å². The van der Waals surface area contributed by atoms with Crippen LogP contribution in [0.4, 0.5) is 9.93 Å². The van der Waals surface area contributed by atoms with Gasteiger partial charge in [0, 0.05) is 11.7 Å². The van der Waals surface area contributed by atoms with Gasteiger partial charge in [0.2, 0.25) is 5.91 Å². The van der Waals surface area contributed by atoms with Gasteiger partial charge in [-0.05, 0) is 51.7 Å². The van der Waals surface area contributed by atoms with E-state index in [4.69, 9.17) is 4.74 Å². The number of nitrogens with one attached hydrogen (secondary N) is 1. The van der Waals surface area contributed by atoms with Gasteiger partial charge in [-0.3, -0.25) is 9.69 Å². The first-order valence-corrected chi connectivity index (χ1v) is 12.0. The number of thiazole rings is 1.